The van der Waals surface area contributed by atoms with Gasteiger partial charge in [0.2, 0.25) is 0 Å². The molecule has 0 aliphatic rings. The van der Waals surface area contributed by atoms with E-state index in [-0.39, 0.29) is 0 Å². The molecule has 0 bridgehead atoms. The molecule has 20 heavy (non-hydrogen) atoms. The number of rotatable bonds is 7. The lowest BCUT2D eigenvalue weighted by Crippen LogP contribution is -2.51. The minimum atomic E-state index is -5.45. The van der Waals surface area contributed by atoms with Crippen molar-refractivity contribution in [2.24, 2.45) is 0 Å². The summed E-state index contributed by atoms with van der Waals surface area (Å²) in [4.78, 5) is 44.8. The van der Waals surface area contributed by atoms with Gasteiger partial charge in [0, 0.05) is 0 Å². The fourth-order valence-electron chi connectivity index (χ4n) is 1.08. The third kappa shape index (κ3) is 4.95. The van der Waals surface area contributed by atoms with E-state index in [0.29, 0.717) is 0 Å². The van der Waals surface area contributed by atoms with Gasteiger partial charge in [0.25, 0.3) is 5.52 Å². The fourth-order valence-corrected chi connectivity index (χ4v) is 2.15. The summed E-state index contributed by atoms with van der Waals surface area (Å²) in [6.45, 7) is 0. The first-order chi connectivity index (χ1) is 8.71. The fraction of sp³-hybridized carbons (Fsp3) is 0.833. The van der Waals surface area contributed by atoms with E-state index < -0.39 is 51.0 Å². The predicted molar refractivity (Wildman–Crippen MR) is 59.1 cm³/mol. The van der Waals surface area contributed by atoms with Gasteiger partial charge < -0.3 is 45.1 Å². The second-order valence-corrected chi connectivity index (χ2v) is 7.04. The van der Waals surface area contributed by atoms with Gasteiger partial charge in [-0.25, -0.2) is 0 Å². The lowest BCUT2D eigenvalue weighted by atomic mass is 10.0. The molecule has 0 aromatic heterocycles. The van der Waals surface area contributed by atoms with Crippen LogP contribution in [0.3, 0.4) is 0 Å². The normalized spacial score (nSPS) is 20.9. The molecule has 5 atom stereocenters. The van der Waals surface area contributed by atoms with Crippen LogP contribution in [0.1, 0.15) is 0 Å². The number of hydrogen-bond donors (Lipinski definition) is 9. The predicted octanol–water partition coefficient (Wildman–Crippen LogP) is -4.37. The molecule has 120 valence electrons. The molecule has 0 fully saturated rings. The van der Waals surface area contributed by atoms with Crippen molar-refractivity contribution in [2.75, 3.05) is 0 Å². The molecule has 9 N–H and O–H groups in total. The summed E-state index contributed by atoms with van der Waals surface area (Å²) < 4.78 is 21.1. The molecule has 14 heteroatoms. The lowest BCUT2D eigenvalue weighted by Gasteiger charge is -2.28. The van der Waals surface area contributed by atoms with Gasteiger partial charge in [0.05, 0.1) is 0 Å². The number of carbonyl (C=O) groups is 1. The Balaban J connectivity index is 5.03. The molecule has 0 heterocycles. The van der Waals surface area contributed by atoms with Crippen molar-refractivity contribution in [3.05, 3.63) is 0 Å². The second-order valence-electron chi connectivity index (χ2n) is 3.80. The van der Waals surface area contributed by atoms with E-state index in [1.807, 2.05) is 0 Å². The van der Waals surface area contributed by atoms with Crippen LogP contribution in [0.15, 0.2) is 0 Å². The third-order valence-electron chi connectivity index (χ3n) is 2.21. The SMILES string of the molecule is O=C([C@H](O)[C@@H](O)[C@H](O)[C@H](O)C(O)P(=O)(O)O)P(=O)(O)O. The van der Waals surface area contributed by atoms with E-state index in [2.05, 4.69) is 0 Å². The van der Waals surface area contributed by atoms with Crippen LogP contribution in [0, 0.1) is 0 Å². The zero-order chi connectivity index (χ0) is 16.5. The maximum absolute atomic E-state index is 10.9. The summed E-state index contributed by atoms with van der Waals surface area (Å²) in [6.07, 6.45) is -10.9. The van der Waals surface area contributed by atoms with Crippen molar-refractivity contribution in [2.45, 2.75) is 30.3 Å². The maximum Gasteiger partial charge on any atom is 0.394 e. The molecule has 0 saturated heterocycles. The highest BCUT2D eigenvalue weighted by atomic mass is 31.2. The minimum Gasteiger partial charge on any atom is -0.387 e. The number of aliphatic hydroxyl groups excluding tert-OH is 5. The molecule has 0 amide bonds. The number of aliphatic hydroxyl groups is 5. The summed E-state index contributed by atoms with van der Waals surface area (Å²) in [5, 5.41) is 45.6. The minimum absolute atomic E-state index is 2.18. The molecule has 0 aliphatic carbocycles. The van der Waals surface area contributed by atoms with E-state index in [1.165, 1.54) is 0 Å². The molecule has 0 spiro atoms. The molecule has 0 saturated carbocycles. The highest BCUT2D eigenvalue weighted by Crippen LogP contribution is 2.42. The van der Waals surface area contributed by atoms with Crippen LogP contribution in [-0.4, -0.2) is 80.9 Å². The van der Waals surface area contributed by atoms with Gasteiger partial charge in [-0.1, -0.05) is 0 Å². The lowest BCUT2D eigenvalue weighted by molar-refractivity contribution is -0.144. The van der Waals surface area contributed by atoms with Crippen LogP contribution in [0.4, 0.5) is 0 Å². The zero-order valence-corrected chi connectivity index (χ0v) is 11.3. The molecular formula is C6H14O12P2. The Hall–Kier alpha value is -0.230. The van der Waals surface area contributed by atoms with Crippen LogP contribution in [-0.2, 0) is 13.9 Å². The summed E-state index contributed by atoms with van der Waals surface area (Å²) in [7, 11) is -10.7. The third-order valence-corrected chi connectivity index (χ3v) is 4.05. The van der Waals surface area contributed by atoms with Crippen LogP contribution in [0.25, 0.3) is 0 Å². The molecule has 0 rings (SSSR count). The van der Waals surface area contributed by atoms with Crippen molar-refractivity contribution >= 4 is 20.7 Å². The molecule has 0 aromatic carbocycles. The van der Waals surface area contributed by atoms with E-state index in [1.54, 1.807) is 0 Å². The van der Waals surface area contributed by atoms with Gasteiger partial charge >= 0.3 is 15.2 Å². The Labute approximate surface area is 111 Å². The summed E-state index contributed by atoms with van der Waals surface area (Å²) >= 11 is 0. The zero-order valence-electron chi connectivity index (χ0n) is 9.53. The van der Waals surface area contributed by atoms with Crippen molar-refractivity contribution < 1.29 is 59.0 Å². The molecule has 0 aliphatic heterocycles. The van der Waals surface area contributed by atoms with Gasteiger partial charge in [-0.3, -0.25) is 13.9 Å². The highest BCUT2D eigenvalue weighted by molar-refractivity contribution is 7.70. The van der Waals surface area contributed by atoms with Crippen LogP contribution < -0.4 is 0 Å². The van der Waals surface area contributed by atoms with Gasteiger partial charge in [-0.2, -0.15) is 0 Å². The Kier molecular flexibility index (Phi) is 6.61. The first kappa shape index (κ1) is 19.8. The Morgan fingerprint density at radius 2 is 1.15 bits per heavy atom. The largest absolute Gasteiger partial charge is 0.394 e. The monoisotopic (exact) mass is 340 g/mol. The van der Waals surface area contributed by atoms with Gasteiger partial charge in [-0.05, 0) is 0 Å². The quantitative estimate of drug-likeness (QED) is 0.200. The van der Waals surface area contributed by atoms with E-state index in [9.17, 15) is 24.1 Å². The van der Waals surface area contributed by atoms with E-state index in [4.69, 9.17) is 34.9 Å². The average molecular weight is 340 g/mol. The van der Waals surface area contributed by atoms with Crippen LogP contribution >= 0.6 is 15.2 Å². The smallest absolute Gasteiger partial charge is 0.387 e. The summed E-state index contributed by atoms with van der Waals surface area (Å²) in [6, 6.07) is 0. The van der Waals surface area contributed by atoms with Crippen molar-refractivity contribution in [1.82, 2.24) is 0 Å². The summed E-state index contributed by atoms with van der Waals surface area (Å²) in [5.74, 6) is -2.84. The van der Waals surface area contributed by atoms with E-state index >= 15 is 0 Å². The maximum atomic E-state index is 10.9. The van der Waals surface area contributed by atoms with E-state index in [0.717, 1.165) is 0 Å². The Morgan fingerprint density at radius 1 is 0.750 bits per heavy atom. The van der Waals surface area contributed by atoms with Crippen molar-refractivity contribution in [1.29, 1.82) is 0 Å². The number of carbonyl (C=O) groups excluding carboxylic acids is 1. The summed E-state index contributed by atoms with van der Waals surface area (Å²) in [5.41, 5.74) is -2.18. The average Bonchev–Trinajstić information content (AvgIpc) is 2.30. The first-order valence-corrected chi connectivity index (χ1v) is 8.06. The number of hydrogen-bond acceptors (Lipinski definition) is 8. The second kappa shape index (κ2) is 6.69. The van der Waals surface area contributed by atoms with Gasteiger partial charge in [-0.15, -0.1) is 0 Å². The molecule has 12 nitrogen and oxygen atoms in total. The van der Waals surface area contributed by atoms with Crippen LogP contribution in [0.5, 0.6) is 0 Å². The van der Waals surface area contributed by atoms with Gasteiger partial charge in [0.1, 0.15) is 18.3 Å². The molecule has 1 unspecified atom stereocenters. The van der Waals surface area contributed by atoms with Crippen molar-refractivity contribution in [3.63, 3.8) is 0 Å². The molecule has 0 radical (unpaired) electrons. The highest BCUT2D eigenvalue weighted by Gasteiger charge is 2.45. The standard InChI is InChI=1S/C6H14O12P2/c7-1(3(9)5(11)19(13,14)15)2(8)4(10)6(12)20(16,17)18/h1-5,7-11H,(H2,13,14,15)(H2,16,17,18)/t1-,2-,3-,4+,5?/m0/s1. The Bertz CT molecular complexity index is 437. The van der Waals surface area contributed by atoms with Crippen molar-refractivity contribution in [3.8, 4) is 0 Å². The molecular weight excluding hydrogens is 326 g/mol. The Morgan fingerprint density at radius 3 is 1.45 bits per heavy atom. The van der Waals surface area contributed by atoms with Crippen LogP contribution in [0.2, 0.25) is 0 Å². The topological polar surface area (TPSA) is 233 Å². The molecule has 0 aromatic rings. The van der Waals surface area contributed by atoms with Gasteiger partial charge in [0.15, 0.2) is 11.9 Å². The first-order valence-electron chi connectivity index (χ1n) is 4.76.